The molecule has 0 aromatic heterocycles. The standard InChI is InChI=1S/C15H16F3NO3/c16-15(17,18)22-13-6-2-1-4-11(13)7-8-14(21)19-9-3-5-12(20)10-19/h1-2,4,6-8,12,20H,3,5,9-10H2/b8-7+. The van der Waals surface area contributed by atoms with Crippen LogP contribution in [-0.4, -0.2) is 41.5 Å². The van der Waals surface area contributed by atoms with Gasteiger partial charge in [-0.25, -0.2) is 0 Å². The number of likely N-dealkylation sites (tertiary alicyclic amines) is 1. The highest BCUT2D eigenvalue weighted by Gasteiger charge is 2.31. The van der Waals surface area contributed by atoms with Crippen LogP contribution in [0.4, 0.5) is 13.2 Å². The maximum Gasteiger partial charge on any atom is 0.573 e. The number of benzene rings is 1. The summed E-state index contributed by atoms with van der Waals surface area (Å²) in [5.41, 5.74) is 0.158. The van der Waals surface area contributed by atoms with Crippen LogP contribution in [0.2, 0.25) is 0 Å². The van der Waals surface area contributed by atoms with Crippen LogP contribution in [0.5, 0.6) is 5.75 Å². The number of amides is 1. The van der Waals surface area contributed by atoms with Crippen molar-refractivity contribution in [3.8, 4) is 5.75 Å². The van der Waals surface area contributed by atoms with Gasteiger partial charge in [-0.15, -0.1) is 13.2 Å². The summed E-state index contributed by atoms with van der Waals surface area (Å²) >= 11 is 0. The lowest BCUT2D eigenvalue weighted by Gasteiger charge is -2.29. The number of ether oxygens (including phenoxy) is 1. The highest BCUT2D eigenvalue weighted by Crippen LogP contribution is 2.27. The van der Waals surface area contributed by atoms with Gasteiger partial charge < -0.3 is 14.7 Å². The molecule has 0 saturated carbocycles. The van der Waals surface area contributed by atoms with Crippen molar-refractivity contribution in [2.24, 2.45) is 0 Å². The summed E-state index contributed by atoms with van der Waals surface area (Å²) in [6.45, 7) is 0.769. The zero-order valence-electron chi connectivity index (χ0n) is 11.7. The maximum atomic E-state index is 12.3. The van der Waals surface area contributed by atoms with E-state index in [0.29, 0.717) is 19.4 Å². The van der Waals surface area contributed by atoms with Gasteiger partial charge in [0.25, 0.3) is 0 Å². The molecule has 4 nitrogen and oxygen atoms in total. The fraction of sp³-hybridized carbons (Fsp3) is 0.400. The van der Waals surface area contributed by atoms with Crippen molar-refractivity contribution in [2.45, 2.75) is 25.3 Å². The topological polar surface area (TPSA) is 49.8 Å². The van der Waals surface area contributed by atoms with Gasteiger partial charge in [-0.3, -0.25) is 4.79 Å². The summed E-state index contributed by atoms with van der Waals surface area (Å²) in [5, 5.41) is 9.52. The van der Waals surface area contributed by atoms with Crippen LogP contribution in [0, 0.1) is 0 Å². The molecular weight excluding hydrogens is 299 g/mol. The molecule has 0 spiro atoms. The molecule has 1 fully saturated rings. The van der Waals surface area contributed by atoms with Crippen molar-refractivity contribution in [3.63, 3.8) is 0 Å². The molecule has 120 valence electrons. The van der Waals surface area contributed by atoms with E-state index in [2.05, 4.69) is 4.74 Å². The molecule has 1 aromatic rings. The maximum absolute atomic E-state index is 12.3. The second-order valence-corrected chi connectivity index (χ2v) is 5.00. The number of nitrogens with zero attached hydrogens (tertiary/aromatic N) is 1. The monoisotopic (exact) mass is 315 g/mol. The van der Waals surface area contributed by atoms with Gasteiger partial charge in [0.1, 0.15) is 5.75 Å². The van der Waals surface area contributed by atoms with Crippen LogP contribution in [0.25, 0.3) is 6.08 Å². The van der Waals surface area contributed by atoms with E-state index in [0.717, 1.165) is 0 Å². The minimum Gasteiger partial charge on any atom is -0.405 e. The molecule has 1 saturated heterocycles. The van der Waals surface area contributed by atoms with E-state index < -0.39 is 12.5 Å². The SMILES string of the molecule is O=C(/C=C/c1ccccc1OC(F)(F)F)N1CCCC(O)C1. The first kappa shape index (κ1) is 16.4. The van der Waals surface area contributed by atoms with E-state index in [4.69, 9.17) is 0 Å². The number of rotatable bonds is 3. The Kier molecular flexibility index (Phi) is 5.07. The van der Waals surface area contributed by atoms with Gasteiger partial charge in [0, 0.05) is 24.7 Å². The molecule has 0 bridgehead atoms. The Morgan fingerprint density at radius 3 is 2.77 bits per heavy atom. The summed E-state index contributed by atoms with van der Waals surface area (Å²) < 4.78 is 40.8. The highest BCUT2D eigenvalue weighted by atomic mass is 19.4. The van der Waals surface area contributed by atoms with Crippen LogP contribution in [0.15, 0.2) is 30.3 Å². The zero-order valence-corrected chi connectivity index (χ0v) is 11.7. The fourth-order valence-corrected chi connectivity index (χ4v) is 2.26. The number of hydrogen-bond donors (Lipinski definition) is 1. The minimum absolute atomic E-state index is 0.158. The van der Waals surface area contributed by atoms with Gasteiger partial charge >= 0.3 is 6.36 Å². The number of halogens is 3. The van der Waals surface area contributed by atoms with Gasteiger partial charge in [-0.2, -0.15) is 0 Å². The van der Waals surface area contributed by atoms with Crippen LogP contribution >= 0.6 is 0 Å². The third-order valence-electron chi connectivity index (χ3n) is 3.26. The first-order valence-electron chi connectivity index (χ1n) is 6.85. The first-order valence-corrected chi connectivity index (χ1v) is 6.85. The number of carbonyl (C=O) groups excluding carboxylic acids is 1. The molecule has 1 heterocycles. The molecule has 0 aliphatic carbocycles. The predicted molar refractivity (Wildman–Crippen MR) is 74.0 cm³/mol. The summed E-state index contributed by atoms with van der Waals surface area (Å²) in [6.07, 6.45) is -1.51. The summed E-state index contributed by atoms with van der Waals surface area (Å²) in [7, 11) is 0. The largest absolute Gasteiger partial charge is 0.573 e. The smallest absolute Gasteiger partial charge is 0.405 e. The molecule has 22 heavy (non-hydrogen) atoms. The lowest BCUT2D eigenvalue weighted by atomic mass is 10.1. The third kappa shape index (κ3) is 4.77. The molecule has 1 unspecified atom stereocenters. The van der Waals surface area contributed by atoms with Crippen molar-refractivity contribution in [1.29, 1.82) is 0 Å². The third-order valence-corrected chi connectivity index (χ3v) is 3.26. The quantitative estimate of drug-likeness (QED) is 0.872. The Morgan fingerprint density at radius 2 is 2.09 bits per heavy atom. The lowest BCUT2D eigenvalue weighted by Crippen LogP contribution is -2.41. The summed E-state index contributed by atoms with van der Waals surface area (Å²) in [6, 6.07) is 5.58. The normalized spacial score (nSPS) is 19.5. The van der Waals surface area contributed by atoms with Crippen LogP contribution < -0.4 is 4.74 Å². The number of aliphatic hydroxyl groups is 1. The molecule has 1 aliphatic rings. The molecule has 1 atom stereocenters. The van der Waals surface area contributed by atoms with Gasteiger partial charge in [0.15, 0.2) is 0 Å². The number of aliphatic hydroxyl groups excluding tert-OH is 1. The summed E-state index contributed by atoms with van der Waals surface area (Å²) in [4.78, 5) is 13.4. The van der Waals surface area contributed by atoms with Crippen LogP contribution in [-0.2, 0) is 4.79 Å². The molecule has 1 aliphatic heterocycles. The molecule has 1 aromatic carbocycles. The number of β-amino-alcohol motifs (C(OH)–C–C–N with tert-alkyl or cyclic N) is 1. The molecular formula is C15H16F3NO3. The lowest BCUT2D eigenvalue weighted by molar-refractivity contribution is -0.274. The zero-order chi connectivity index (χ0) is 16.2. The van der Waals surface area contributed by atoms with Gasteiger partial charge in [-0.05, 0) is 25.0 Å². The number of hydrogen-bond acceptors (Lipinski definition) is 3. The molecule has 1 N–H and O–H groups in total. The predicted octanol–water partition coefficient (Wildman–Crippen LogP) is 2.58. The second kappa shape index (κ2) is 6.83. The van der Waals surface area contributed by atoms with E-state index in [9.17, 15) is 23.1 Å². The van der Waals surface area contributed by atoms with E-state index in [1.165, 1.54) is 35.3 Å². The van der Waals surface area contributed by atoms with Crippen LogP contribution in [0.1, 0.15) is 18.4 Å². The second-order valence-electron chi connectivity index (χ2n) is 5.00. The Morgan fingerprint density at radius 1 is 1.36 bits per heavy atom. The van der Waals surface area contributed by atoms with Crippen molar-refractivity contribution < 1.29 is 27.8 Å². The van der Waals surface area contributed by atoms with Gasteiger partial charge in [-0.1, -0.05) is 18.2 Å². The first-order chi connectivity index (χ1) is 10.3. The fourth-order valence-electron chi connectivity index (χ4n) is 2.26. The number of carbonyl (C=O) groups is 1. The van der Waals surface area contributed by atoms with Crippen molar-refractivity contribution in [3.05, 3.63) is 35.9 Å². The molecule has 0 radical (unpaired) electrons. The van der Waals surface area contributed by atoms with Crippen molar-refractivity contribution in [2.75, 3.05) is 13.1 Å². The van der Waals surface area contributed by atoms with E-state index in [1.807, 2.05) is 0 Å². The van der Waals surface area contributed by atoms with Crippen molar-refractivity contribution >= 4 is 12.0 Å². The number of alkyl halides is 3. The average Bonchev–Trinajstić information content (AvgIpc) is 2.44. The van der Waals surface area contributed by atoms with E-state index in [1.54, 1.807) is 6.07 Å². The average molecular weight is 315 g/mol. The van der Waals surface area contributed by atoms with Gasteiger partial charge in [0.05, 0.1) is 6.10 Å². The van der Waals surface area contributed by atoms with Crippen molar-refractivity contribution in [1.82, 2.24) is 4.90 Å². The minimum atomic E-state index is -4.79. The number of piperidine rings is 1. The Bertz CT molecular complexity index is 557. The number of para-hydroxylation sites is 1. The molecule has 1 amide bonds. The molecule has 2 rings (SSSR count). The Labute approximate surface area is 125 Å². The Balaban J connectivity index is 2.08. The Hall–Kier alpha value is -2.02. The van der Waals surface area contributed by atoms with Gasteiger partial charge in [0.2, 0.25) is 5.91 Å². The molecule has 7 heteroatoms. The summed E-state index contributed by atoms with van der Waals surface area (Å²) in [5.74, 6) is -0.710. The van der Waals surface area contributed by atoms with Crippen LogP contribution in [0.3, 0.4) is 0 Å². The highest BCUT2D eigenvalue weighted by molar-refractivity contribution is 5.92. The van der Waals surface area contributed by atoms with E-state index in [-0.39, 0.29) is 23.8 Å². The van der Waals surface area contributed by atoms with E-state index >= 15 is 0 Å².